The first kappa shape index (κ1) is 18.4. The van der Waals surface area contributed by atoms with Gasteiger partial charge in [0, 0.05) is 18.5 Å². The Bertz CT molecular complexity index is 489. The molecule has 2 N–H and O–H groups in total. The van der Waals surface area contributed by atoms with Crippen molar-refractivity contribution in [1.82, 2.24) is 5.32 Å². The van der Waals surface area contributed by atoms with E-state index in [9.17, 15) is 9.59 Å². The third-order valence-electron chi connectivity index (χ3n) is 3.85. The quantitative estimate of drug-likeness (QED) is 0.571. The summed E-state index contributed by atoms with van der Waals surface area (Å²) >= 11 is 0. The molecule has 0 saturated carbocycles. The van der Waals surface area contributed by atoms with Crippen molar-refractivity contribution < 1.29 is 14.7 Å². The fraction of sp³-hybridized carbons (Fsp3) is 0.529. The highest BCUT2D eigenvalue weighted by Gasteiger charge is 2.21. The van der Waals surface area contributed by atoms with Crippen LogP contribution in [0, 0.1) is 0 Å². The van der Waals surface area contributed by atoms with Crippen LogP contribution in [0.15, 0.2) is 24.3 Å². The zero-order valence-electron chi connectivity index (χ0n) is 13.9. The van der Waals surface area contributed by atoms with E-state index in [2.05, 4.69) is 45.1 Å². The number of benzene rings is 1. The molecule has 0 atom stereocenters. The lowest BCUT2D eigenvalue weighted by molar-refractivity contribution is -0.137. The Morgan fingerprint density at radius 1 is 1.09 bits per heavy atom. The van der Waals surface area contributed by atoms with Gasteiger partial charge in [0.05, 0.1) is 8.80 Å². The van der Waals surface area contributed by atoms with Crippen LogP contribution in [-0.4, -0.2) is 32.3 Å². The second-order valence-electron chi connectivity index (χ2n) is 6.39. The predicted octanol–water partition coefficient (Wildman–Crippen LogP) is 2.54. The van der Waals surface area contributed by atoms with E-state index in [0.29, 0.717) is 29.6 Å². The zero-order valence-corrected chi connectivity index (χ0v) is 15.1. The maximum Gasteiger partial charge on any atom is 0.303 e. The highest BCUT2D eigenvalue weighted by molar-refractivity contribution is 6.75. The largest absolute Gasteiger partial charge is 0.481 e. The first-order valence-electron chi connectivity index (χ1n) is 7.93. The Morgan fingerprint density at radius 3 is 2.09 bits per heavy atom. The molecule has 0 aliphatic heterocycles. The molecule has 0 bridgehead atoms. The Labute approximate surface area is 134 Å². The molecule has 0 spiro atoms. The van der Waals surface area contributed by atoms with Gasteiger partial charge in [0.1, 0.15) is 0 Å². The molecular weight excluding hydrogens is 294 g/mol. The van der Waals surface area contributed by atoms with Gasteiger partial charge in [-0.25, -0.2) is 0 Å². The number of carboxylic acid groups (broad SMARTS) is 1. The molecule has 0 heterocycles. The minimum absolute atomic E-state index is 0.0786. The first-order valence-corrected chi connectivity index (χ1v) is 9.84. The minimum atomic E-state index is -1.03. The normalized spacial score (nSPS) is 11.2. The van der Waals surface area contributed by atoms with Gasteiger partial charge in [0.15, 0.2) is 0 Å². The molecule has 0 unspecified atom stereocenters. The number of amides is 1. The van der Waals surface area contributed by atoms with Crippen molar-refractivity contribution in [2.24, 2.45) is 0 Å². The summed E-state index contributed by atoms with van der Waals surface area (Å²) in [5.74, 6) is -0.971. The molecule has 0 fully saturated rings. The Balaban J connectivity index is 2.63. The van der Waals surface area contributed by atoms with E-state index in [1.54, 1.807) is 0 Å². The number of carboxylic acids is 1. The van der Waals surface area contributed by atoms with Gasteiger partial charge in [-0.1, -0.05) is 45.0 Å². The van der Waals surface area contributed by atoms with Crippen LogP contribution in [-0.2, 0) is 4.79 Å². The molecule has 122 valence electrons. The van der Waals surface area contributed by atoms with Gasteiger partial charge < -0.3 is 10.4 Å². The molecular formula is C17H27NO3Si. The zero-order chi connectivity index (χ0) is 16.7. The number of carbonyl (C=O) groups is 2. The van der Waals surface area contributed by atoms with Crippen LogP contribution < -0.4 is 10.5 Å². The van der Waals surface area contributed by atoms with Crippen LogP contribution in [0.3, 0.4) is 0 Å². The average Bonchev–Trinajstić information content (AvgIpc) is 2.43. The standard InChI is InChI=1S/C17H27NO3Si/c1-12(2)22(13(3)4)15-9-7-14(8-10-15)17(21)18-11-5-6-16(19)20/h7-10,12-13,22H,5-6,11H2,1-4H3,(H,18,21)(H,19,20). The summed E-state index contributed by atoms with van der Waals surface area (Å²) < 4.78 is 0. The Morgan fingerprint density at radius 2 is 1.64 bits per heavy atom. The number of rotatable bonds is 8. The van der Waals surface area contributed by atoms with E-state index in [0.717, 1.165) is 0 Å². The molecule has 22 heavy (non-hydrogen) atoms. The van der Waals surface area contributed by atoms with Crippen molar-refractivity contribution in [2.45, 2.75) is 51.6 Å². The van der Waals surface area contributed by atoms with E-state index >= 15 is 0 Å². The van der Waals surface area contributed by atoms with Crippen molar-refractivity contribution in [3.05, 3.63) is 29.8 Å². The molecule has 0 radical (unpaired) electrons. The molecule has 4 nitrogen and oxygen atoms in total. The van der Waals surface area contributed by atoms with Gasteiger partial charge in [-0.05, 0) is 29.6 Å². The molecule has 0 aliphatic rings. The summed E-state index contributed by atoms with van der Waals surface area (Å²) in [6.07, 6.45) is 0.532. The van der Waals surface area contributed by atoms with Crippen LogP contribution >= 0.6 is 0 Å². The number of hydrogen-bond acceptors (Lipinski definition) is 2. The van der Waals surface area contributed by atoms with Gasteiger partial charge in [0.2, 0.25) is 0 Å². The highest BCUT2D eigenvalue weighted by Crippen LogP contribution is 2.20. The lowest BCUT2D eigenvalue weighted by Crippen LogP contribution is -2.36. The number of nitrogens with one attached hydrogen (secondary N) is 1. The molecule has 0 aliphatic carbocycles. The van der Waals surface area contributed by atoms with Gasteiger partial charge in [-0.3, -0.25) is 9.59 Å². The van der Waals surface area contributed by atoms with E-state index in [1.165, 1.54) is 5.19 Å². The Kier molecular flexibility index (Phi) is 7.31. The smallest absolute Gasteiger partial charge is 0.303 e. The van der Waals surface area contributed by atoms with E-state index < -0.39 is 14.8 Å². The van der Waals surface area contributed by atoms with Crippen molar-refractivity contribution >= 4 is 25.9 Å². The third kappa shape index (κ3) is 5.64. The van der Waals surface area contributed by atoms with Gasteiger partial charge in [-0.2, -0.15) is 0 Å². The van der Waals surface area contributed by atoms with Crippen molar-refractivity contribution in [3.63, 3.8) is 0 Å². The molecule has 5 heteroatoms. The first-order chi connectivity index (χ1) is 10.3. The van der Waals surface area contributed by atoms with Crippen molar-refractivity contribution in [1.29, 1.82) is 0 Å². The van der Waals surface area contributed by atoms with Crippen molar-refractivity contribution in [3.8, 4) is 0 Å². The van der Waals surface area contributed by atoms with Crippen molar-refractivity contribution in [2.75, 3.05) is 6.54 Å². The van der Waals surface area contributed by atoms with Crippen LogP contribution in [0.4, 0.5) is 0 Å². The summed E-state index contributed by atoms with van der Waals surface area (Å²) in [7, 11) is -1.03. The van der Waals surface area contributed by atoms with Gasteiger partial charge in [0.25, 0.3) is 5.91 Å². The lowest BCUT2D eigenvalue weighted by atomic mass is 10.2. The van der Waals surface area contributed by atoms with E-state index in [4.69, 9.17) is 5.11 Å². The molecule has 0 aromatic heterocycles. The third-order valence-corrected chi connectivity index (χ3v) is 7.87. The van der Waals surface area contributed by atoms with Gasteiger partial charge >= 0.3 is 5.97 Å². The molecule has 1 rings (SSSR count). The summed E-state index contributed by atoms with van der Waals surface area (Å²) in [5.41, 5.74) is 2.02. The van der Waals surface area contributed by atoms with Crippen LogP contribution in [0.1, 0.15) is 50.9 Å². The second kappa shape index (κ2) is 8.73. The number of carbonyl (C=O) groups excluding carboxylic acids is 1. The maximum absolute atomic E-state index is 12.0. The number of hydrogen-bond donors (Lipinski definition) is 2. The number of aliphatic carboxylic acids is 1. The summed E-state index contributed by atoms with van der Waals surface area (Å²) in [5, 5.41) is 12.7. The summed E-state index contributed by atoms with van der Waals surface area (Å²) in [6, 6.07) is 7.94. The monoisotopic (exact) mass is 321 g/mol. The summed E-state index contributed by atoms with van der Waals surface area (Å²) in [4.78, 5) is 22.4. The van der Waals surface area contributed by atoms with Crippen LogP contribution in [0.5, 0.6) is 0 Å². The van der Waals surface area contributed by atoms with E-state index in [-0.39, 0.29) is 12.3 Å². The fourth-order valence-corrected chi connectivity index (χ4v) is 6.66. The highest BCUT2D eigenvalue weighted by atomic mass is 28.3. The molecule has 1 aromatic rings. The Hall–Kier alpha value is -1.62. The van der Waals surface area contributed by atoms with E-state index in [1.807, 2.05) is 12.1 Å². The second-order valence-corrected chi connectivity index (χ2v) is 10.8. The topological polar surface area (TPSA) is 66.4 Å². The molecule has 1 aromatic carbocycles. The van der Waals surface area contributed by atoms with Gasteiger partial charge in [-0.15, -0.1) is 0 Å². The molecule has 1 amide bonds. The fourth-order valence-electron chi connectivity index (χ4n) is 2.94. The lowest BCUT2D eigenvalue weighted by Gasteiger charge is -2.23. The maximum atomic E-state index is 12.0. The average molecular weight is 321 g/mol. The SMILES string of the molecule is CC(C)[SiH](c1ccc(C(=O)NCCCC(=O)O)cc1)C(C)C. The minimum Gasteiger partial charge on any atom is -0.481 e. The van der Waals surface area contributed by atoms with Crippen LogP contribution in [0.2, 0.25) is 11.1 Å². The van der Waals surface area contributed by atoms with Crippen LogP contribution in [0.25, 0.3) is 0 Å². The summed E-state index contributed by atoms with van der Waals surface area (Å²) in [6.45, 7) is 9.50. The predicted molar refractivity (Wildman–Crippen MR) is 92.6 cm³/mol. The molecule has 0 saturated heterocycles.